The van der Waals surface area contributed by atoms with E-state index < -0.39 is 18.5 Å². The quantitative estimate of drug-likeness (QED) is 0.816. The molecule has 1 aromatic carbocycles. The highest BCUT2D eigenvalue weighted by Gasteiger charge is 2.48. The van der Waals surface area contributed by atoms with E-state index in [4.69, 9.17) is 9.84 Å². The molecule has 1 atom stereocenters. The van der Waals surface area contributed by atoms with Crippen LogP contribution < -0.4 is 4.74 Å². The fourth-order valence-electron chi connectivity index (χ4n) is 1.25. The first-order valence-corrected chi connectivity index (χ1v) is 4.96. The molecule has 0 aromatic heterocycles. The van der Waals surface area contributed by atoms with Gasteiger partial charge < -0.3 is 9.84 Å². The normalized spacial score (nSPS) is 13.8. The Kier molecular flexibility index (Phi) is 4.34. The molecule has 0 heterocycles. The summed E-state index contributed by atoms with van der Waals surface area (Å²) in [5.41, 5.74) is -0.279. The lowest BCUT2D eigenvalue weighted by atomic mass is 10.0. The molecule has 96 valence electrons. The Labute approximate surface area is 95.8 Å². The fourth-order valence-corrected chi connectivity index (χ4v) is 1.25. The maximum absolute atomic E-state index is 12.8. The average molecular weight is 252 g/mol. The van der Waals surface area contributed by atoms with Crippen molar-refractivity contribution in [1.29, 1.82) is 0 Å². The van der Waals surface area contributed by atoms with Crippen LogP contribution in [-0.2, 0) is 0 Å². The Balaban J connectivity index is 2.86. The maximum Gasteiger partial charge on any atom is 0.336 e. The smallest absolute Gasteiger partial charge is 0.336 e. The van der Waals surface area contributed by atoms with E-state index in [9.17, 15) is 17.6 Å². The molecule has 17 heavy (non-hydrogen) atoms. The molecule has 1 rings (SSSR count). The van der Waals surface area contributed by atoms with Crippen molar-refractivity contribution in [3.05, 3.63) is 29.8 Å². The van der Waals surface area contributed by atoms with Crippen molar-refractivity contribution in [3.8, 4) is 5.75 Å². The molecule has 6 heteroatoms. The molecule has 0 radical (unpaired) electrons. The Morgan fingerprint density at radius 2 is 1.76 bits per heavy atom. The van der Waals surface area contributed by atoms with Gasteiger partial charge >= 0.3 is 12.3 Å². The van der Waals surface area contributed by atoms with E-state index in [1.807, 2.05) is 0 Å². The van der Waals surface area contributed by atoms with Crippen molar-refractivity contribution < 1.29 is 27.4 Å². The van der Waals surface area contributed by atoms with E-state index >= 15 is 0 Å². The minimum absolute atomic E-state index is 0.279. The van der Waals surface area contributed by atoms with Crippen molar-refractivity contribution in [2.24, 2.45) is 0 Å². The minimum atomic E-state index is -4.47. The number of aliphatic hydroxyl groups is 1. The Bertz CT molecular complexity index is 351. The summed E-state index contributed by atoms with van der Waals surface area (Å²) in [6, 6.07) is 4.94. The van der Waals surface area contributed by atoms with Gasteiger partial charge in [-0.15, -0.1) is 0 Å². The van der Waals surface area contributed by atoms with Crippen LogP contribution in [0.25, 0.3) is 0 Å². The zero-order valence-corrected chi connectivity index (χ0v) is 9.04. The van der Waals surface area contributed by atoms with Crippen LogP contribution >= 0.6 is 0 Å². The standard InChI is InChI=1S/C11H12F4O2/c1-2-17-8-5-3-7(4-6-8)9(16)11(14,15)10(12)13/h3-6,9-10,16H,2H2,1H3. The summed E-state index contributed by atoms with van der Waals surface area (Å²) in [5, 5.41) is 9.17. The molecule has 0 amide bonds. The van der Waals surface area contributed by atoms with Gasteiger partial charge in [0.25, 0.3) is 0 Å². The second-order valence-electron chi connectivity index (χ2n) is 3.38. The first-order chi connectivity index (χ1) is 7.89. The predicted octanol–water partition coefficient (Wildman–Crippen LogP) is 3.02. The van der Waals surface area contributed by atoms with Crippen molar-refractivity contribution in [3.63, 3.8) is 0 Å². The van der Waals surface area contributed by atoms with Gasteiger partial charge in [-0.1, -0.05) is 12.1 Å². The number of benzene rings is 1. The molecule has 0 spiro atoms. The number of hydrogen-bond acceptors (Lipinski definition) is 2. The SMILES string of the molecule is CCOc1ccc(C(O)C(F)(F)C(F)F)cc1. The van der Waals surface area contributed by atoms with E-state index in [2.05, 4.69) is 0 Å². The third kappa shape index (κ3) is 3.09. The number of aliphatic hydroxyl groups excluding tert-OH is 1. The molecule has 0 aliphatic rings. The molecule has 0 saturated heterocycles. The zero-order valence-electron chi connectivity index (χ0n) is 9.04. The molecule has 0 aliphatic heterocycles. The van der Waals surface area contributed by atoms with Gasteiger partial charge in [0.2, 0.25) is 0 Å². The third-order valence-corrected chi connectivity index (χ3v) is 2.16. The highest BCUT2D eigenvalue weighted by atomic mass is 19.3. The zero-order chi connectivity index (χ0) is 13.1. The lowest BCUT2D eigenvalue weighted by Gasteiger charge is -2.21. The van der Waals surface area contributed by atoms with Gasteiger partial charge in [-0.05, 0) is 24.6 Å². The van der Waals surface area contributed by atoms with Crippen LogP contribution in [0.15, 0.2) is 24.3 Å². The molecule has 0 saturated carbocycles. The summed E-state index contributed by atoms with van der Waals surface area (Å²) in [7, 11) is 0. The van der Waals surface area contributed by atoms with Gasteiger partial charge in [0.15, 0.2) is 0 Å². The summed E-state index contributed by atoms with van der Waals surface area (Å²) < 4.78 is 54.8. The van der Waals surface area contributed by atoms with E-state index in [-0.39, 0.29) is 5.56 Å². The van der Waals surface area contributed by atoms with E-state index in [0.717, 1.165) is 12.1 Å². The van der Waals surface area contributed by atoms with Crippen LogP contribution in [0.2, 0.25) is 0 Å². The predicted molar refractivity (Wildman–Crippen MR) is 53.5 cm³/mol. The fraction of sp³-hybridized carbons (Fsp3) is 0.455. The number of ether oxygens (including phenoxy) is 1. The van der Waals surface area contributed by atoms with Gasteiger partial charge in [0.05, 0.1) is 6.61 Å². The molecule has 1 unspecified atom stereocenters. The molecule has 0 aliphatic carbocycles. The number of hydrogen-bond donors (Lipinski definition) is 1. The summed E-state index contributed by atoms with van der Waals surface area (Å²) in [6.07, 6.45) is -6.44. The topological polar surface area (TPSA) is 29.5 Å². The van der Waals surface area contributed by atoms with Crippen LogP contribution in [0.5, 0.6) is 5.75 Å². The van der Waals surface area contributed by atoms with Crippen molar-refractivity contribution in [1.82, 2.24) is 0 Å². The summed E-state index contributed by atoms with van der Waals surface area (Å²) >= 11 is 0. The minimum Gasteiger partial charge on any atom is -0.494 e. The van der Waals surface area contributed by atoms with Crippen molar-refractivity contribution in [2.75, 3.05) is 6.61 Å². The molecular formula is C11H12F4O2. The molecular weight excluding hydrogens is 240 g/mol. The van der Waals surface area contributed by atoms with E-state index in [0.29, 0.717) is 12.4 Å². The van der Waals surface area contributed by atoms with Crippen LogP contribution in [0.3, 0.4) is 0 Å². The monoisotopic (exact) mass is 252 g/mol. The maximum atomic E-state index is 12.8. The largest absolute Gasteiger partial charge is 0.494 e. The lowest BCUT2D eigenvalue weighted by molar-refractivity contribution is -0.193. The van der Waals surface area contributed by atoms with Gasteiger partial charge in [-0.25, -0.2) is 8.78 Å². The van der Waals surface area contributed by atoms with Crippen molar-refractivity contribution >= 4 is 0 Å². The first kappa shape index (κ1) is 13.8. The van der Waals surface area contributed by atoms with Crippen molar-refractivity contribution in [2.45, 2.75) is 25.4 Å². The highest BCUT2D eigenvalue weighted by Crippen LogP contribution is 2.36. The summed E-state index contributed by atoms with van der Waals surface area (Å²) in [5.74, 6) is -4.04. The Morgan fingerprint density at radius 1 is 1.24 bits per heavy atom. The van der Waals surface area contributed by atoms with Crippen LogP contribution in [0, 0.1) is 0 Å². The Morgan fingerprint density at radius 3 is 2.18 bits per heavy atom. The average Bonchev–Trinajstić information content (AvgIpc) is 2.29. The Hall–Kier alpha value is -1.30. The second kappa shape index (κ2) is 5.35. The van der Waals surface area contributed by atoms with Crippen LogP contribution in [-0.4, -0.2) is 24.1 Å². The van der Waals surface area contributed by atoms with Gasteiger partial charge in [0, 0.05) is 0 Å². The van der Waals surface area contributed by atoms with Gasteiger partial charge in [-0.2, -0.15) is 8.78 Å². The van der Waals surface area contributed by atoms with Crippen LogP contribution in [0.1, 0.15) is 18.6 Å². The number of rotatable bonds is 5. The molecule has 0 bridgehead atoms. The van der Waals surface area contributed by atoms with E-state index in [1.165, 1.54) is 12.1 Å². The number of alkyl halides is 4. The number of halogens is 4. The molecule has 2 nitrogen and oxygen atoms in total. The first-order valence-electron chi connectivity index (χ1n) is 4.96. The van der Waals surface area contributed by atoms with Crippen LogP contribution in [0.4, 0.5) is 17.6 Å². The second-order valence-corrected chi connectivity index (χ2v) is 3.38. The van der Waals surface area contributed by atoms with Gasteiger partial charge in [0.1, 0.15) is 11.9 Å². The summed E-state index contributed by atoms with van der Waals surface area (Å²) in [6.45, 7) is 2.14. The molecule has 0 fully saturated rings. The molecule has 1 aromatic rings. The molecule has 1 N–H and O–H groups in total. The third-order valence-electron chi connectivity index (χ3n) is 2.16. The van der Waals surface area contributed by atoms with Gasteiger partial charge in [-0.3, -0.25) is 0 Å². The summed E-state index contributed by atoms with van der Waals surface area (Å²) in [4.78, 5) is 0. The van der Waals surface area contributed by atoms with E-state index in [1.54, 1.807) is 6.92 Å². The highest BCUT2D eigenvalue weighted by molar-refractivity contribution is 5.29. The lowest BCUT2D eigenvalue weighted by Crippen LogP contribution is -2.34.